The zero-order chi connectivity index (χ0) is 12.4. The Balaban J connectivity index is 1.62. The Morgan fingerprint density at radius 2 is 0.632 bits per heavy atom. The molecule has 6 unspecified atom stereocenters. The van der Waals surface area contributed by atoms with Crippen molar-refractivity contribution in [2.45, 2.75) is 70.6 Å². The highest BCUT2D eigenvalue weighted by atomic mass is 14.6. The molecule has 6 aliphatic rings. The highest BCUT2D eigenvalue weighted by Crippen LogP contribution is 2.60. The van der Waals surface area contributed by atoms with Crippen molar-refractivity contribution >= 4 is 0 Å². The lowest BCUT2D eigenvalue weighted by Gasteiger charge is -2.49. The van der Waals surface area contributed by atoms with Crippen molar-refractivity contribution < 1.29 is 0 Å². The monoisotopic (exact) mass is 258 g/mol. The highest BCUT2D eigenvalue weighted by Gasteiger charge is 2.50. The van der Waals surface area contributed by atoms with Crippen molar-refractivity contribution in [3.05, 3.63) is 0 Å². The van der Waals surface area contributed by atoms with E-state index in [4.69, 9.17) is 0 Å². The Bertz CT molecular complexity index is 317. The first kappa shape index (κ1) is 11.6. The summed E-state index contributed by atoms with van der Waals surface area (Å²) >= 11 is 0. The van der Waals surface area contributed by atoms with Gasteiger partial charge < -0.3 is 0 Å². The molecular formula is C19H30. The van der Waals surface area contributed by atoms with Crippen LogP contribution in [0.3, 0.4) is 0 Å². The molecule has 6 saturated carbocycles. The van der Waals surface area contributed by atoms with Gasteiger partial charge in [-0.25, -0.2) is 0 Å². The lowest BCUT2D eigenvalue weighted by atomic mass is 9.56. The molecule has 6 fully saturated rings. The molecule has 0 N–H and O–H groups in total. The molecule has 8 bridgehead atoms. The van der Waals surface area contributed by atoms with E-state index < -0.39 is 0 Å². The molecule has 6 rings (SSSR count). The molecule has 0 heterocycles. The van der Waals surface area contributed by atoms with Crippen LogP contribution >= 0.6 is 0 Å². The molecule has 0 spiro atoms. The van der Waals surface area contributed by atoms with Gasteiger partial charge in [0.05, 0.1) is 0 Å². The fourth-order valence-electron chi connectivity index (χ4n) is 7.80. The van der Waals surface area contributed by atoms with Gasteiger partial charge in [-0.15, -0.1) is 0 Å². The molecule has 0 saturated heterocycles. The van der Waals surface area contributed by atoms with E-state index in [0.29, 0.717) is 0 Å². The van der Waals surface area contributed by atoms with Crippen molar-refractivity contribution in [1.29, 1.82) is 0 Å². The molecule has 19 heavy (non-hydrogen) atoms. The van der Waals surface area contributed by atoms with Crippen LogP contribution < -0.4 is 0 Å². The van der Waals surface area contributed by atoms with Gasteiger partial charge in [0.15, 0.2) is 0 Å². The maximum Gasteiger partial charge on any atom is -0.0355 e. The predicted molar refractivity (Wildman–Crippen MR) is 78.7 cm³/mol. The zero-order valence-corrected chi connectivity index (χ0v) is 12.4. The largest absolute Gasteiger partial charge is 0.0499 e. The maximum absolute atomic E-state index is 1.65. The molecule has 0 aromatic carbocycles. The summed E-state index contributed by atoms with van der Waals surface area (Å²) < 4.78 is 0. The number of fused-ring (bicyclic) bond motifs is 9. The highest BCUT2D eigenvalue weighted by molar-refractivity contribution is 5.00. The first-order valence-electron chi connectivity index (χ1n) is 9.40. The van der Waals surface area contributed by atoms with E-state index >= 15 is 0 Å². The summed E-state index contributed by atoms with van der Waals surface area (Å²) in [5, 5.41) is 0. The summed E-state index contributed by atoms with van der Waals surface area (Å²) in [7, 11) is 0. The van der Waals surface area contributed by atoms with E-state index in [-0.39, 0.29) is 0 Å². The summed E-state index contributed by atoms with van der Waals surface area (Å²) in [5.41, 5.74) is 0. The summed E-state index contributed by atoms with van der Waals surface area (Å²) in [6.07, 6.45) is 17.9. The van der Waals surface area contributed by atoms with Gasteiger partial charge in [-0.3, -0.25) is 0 Å². The average Bonchev–Trinajstić information content (AvgIpc) is 2.80. The van der Waals surface area contributed by atoms with Crippen molar-refractivity contribution in [2.24, 2.45) is 47.3 Å². The summed E-state index contributed by atoms with van der Waals surface area (Å²) in [4.78, 5) is 0. The second-order valence-corrected chi connectivity index (χ2v) is 8.82. The molecule has 0 amide bonds. The summed E-state index contributed by atoms with van der Waals surface area (Å²) in [6.45, 7) is 0. The van der Waals surface area contributed by atoms with Crippen LogP contribution in [0.25, 0.3) is 0 Å². The van der Waals surface area contributed by atoms with Gasteiger partial charge in [0.25, 0.3) is 0 Å². The Morgan fingerprint density at radius 1 is 0.316 bits per heavy atom. The summed E-state index contributed by atoms with van der Waals surface area (Å²) in [5.74, 6) is 9.27. The van der Waals surface area contributed by atoms with Crippen LogP contribution in [0.15, 0.2) is 0 Å². The smallest absolute Gasteiger partial charge is 0.0355 e. The van der Waals surface area contributed by atoms with Gasteiger partial charge in [-0.1, -0.05) is 0 Å². The minimum atomic E-state index is 1.15. The normalized spacial score (nSPS) is 59.4. The maximum atomic E-state index is 1.65. The standard InChI is InChI=1S/C19H30/c1-2-13-4-3-12(1)16-7-8-17(13)19-10-9-18(16)14-5-6-15(19)11-14/h12-19H,1-11H2. The average molecular weight is 258 g/mol. The van der Waals surface area contributed by atoms with E-state index in [2.05, 4.69) is 0 Å². The van der Waals surface area contributed by atoms with E-state index in [1.165, 1.54) is 0 Å². The van der Waals surface area contributed by atoms with Gasteiger partial charge in [-0.2, -0.15) is 0 Å². The van der Waals surface area contributed by atoms with E-state index in [1.54, 1.807) is 70.6 Å². The zero-order valence-electron chi connectivity index (χ0n) is 12.4. The molecule has 0 nitrogen and oxygen atoms in total. The molecule has 0 heteroatoms. The summed E-state index contributed by atoms with van der Waals surface area (Å²) in [6, 6.07) is 0. The van der Waals surface area contributed by atoms with Crippen molar-refractivity contribution in [3.63, 3.8) is 0 Å². The quantitative estimate of drug-likeness (QED) is 0.555. The molecule has 0 aromatic heterocycles. The second-order valence-electron chi connectivity index (χ2n) is 8.82. The molecule has 0 aromatic rings. The van der Waals surface area contributed by atoms with Crippen LogP contribution in [0.4, 0.5) is 0 Å². The third-order valence-corrected chi connectivity index (χ3v) is 8.52. The van der Waals surface area contributed by atoms with Gasteiger partial charge in [-0.05, 0) is 118 Å². The molecule has 0 aliphatic heterocycles. The fourth-order valence-corrected chi connectivity index (χ4v) is 7.80. The van der Waals surface area contributed by atoms with Crippen LogP contribution in [0.5, 0.6) is 0 Å². The van der Waals surface area contributed by atoms with Crippen LogP contribution in [0.1, 0.15) is 70.6 Å². The fraction of sp³-hybridized carbons (Fsp3) is 1.00. The Kier molecular flexibility index (Phi) is 2.60. The molecule has 0 radical (unpaired) electrons. The molecule has 6 atom stereocenters. The van der Waals surface area contributed by atoms with E-state index in [1.807, 2.05) is 0 Å². The third-order valence-electron chi connectivity index (χ3n) is 8.52. The first-order valence-corrected chi connectivity index (χ1v) is 9.40. The SMILES string of the molecule is C1CC2CCC1C1CCC2C2CCC1C1CCC2C1. The van der Waals surface area contributed by atoms with Crippen molar-refractivity contribution in [1.82, 2.24) is 0 Å². The van der Waals surface area contributed by atoms with Crippen LogP contribution in [-0.4, -0.2) is 0 Å². The minimum absolute atomic E-state index is 1.15. The lowest BCUT2D eigenvalue weighted by Crippen LogP contribution is -2.40. The van der Waals surface area contributed by atoms with Crippen LogP contribution in [0, 0.1) is 47.3 Å². The minimum Gasteiger partial charge on any atom is -0.0499 e. The molecule has 6 aliphatic carbocycles. The van der Waals surface area contributed by atoms with Gasteiger partial charge in [0.1, 0.15) is 0 Å². The first-order chi connectivity index (χ1) is 9.40. The number of rotatable bonds is 0. The van der Waals surface area contributed by atoms with Crippen molar-refractivity contribution in [2.75, 3.05) is 0 Å². The molecule has 106 valence electrons. The third kappa shape index (κ3) is 1.64. The predicted octanol–water partition coefficient (Wildman–Crippen LogP) is 5.28. The van der Waals surface area contributed by atoms with E-state index in [0.717, 1.165) is 47.3 Å². The number of hydrogen-bond donors (Lipinski definition) is 0. The van der Waals surface area contributed by atoms with Gasteiger partial charge in [0.2, 0.25) is 0 Å². The lowest BCUT2D eigenvalue weighted by molar-refractivity contribution is 0.00800. The molecular weight excluding hydrogens is 228 g/mol. The topological polar surface area (TPSA) is 0 Å². The van der Waals surface area contributed by atoms with Crippen molar-refractivity contribution in [3.8, 4) is 0 Å². The van der Waals surface area contributed by atoms with Gasteiger partial charge in [0, 0.05) is 0 Å². The number of hydrogen-bond acceptors (Lipinski definition) is 0. The van der Waals surface area contributed by atoms with Gasteiger partial charge >= 0.3 is 0 Å². The Labute approximate surface area is 118 Å². The Morgan fingerprint density at radius 3 is 1.05 bits per heavy atom. The van der Waals surface area contributed by atoms with E-state index in [9.17, 15) is 0 Å². The second kappa shape index (κ2) is 4.25. The van der Waals surface area contributed by atoms with Crippen LogP contribution in [0.2, 0.25) is 0 Å². The van der Waals surface area contributed by atoms with Crippen LogP contribution in [-0.2, 0) is 0 Å². The Hall–Kier alpha value is 0.